The van der Waals surface area contributed by atoms with Crippen molar-refractivity contribution in [3.63, 3.8) is 0 Å². The Bertz CT molecular complexity index is 747. The van der Waals surface area contributed by atoms with Crippen LogP contribution in [0.5, 0.6) is 11.5 Å². The molecule has 0 bridgehead atoms. The Morgan fingerprint density at radius 1 is 1.33 bits per heavy atom. The molecule has 0 aromatic heterocycles. The molecule has 5 heteroatoms. The molecule has 1 aliphatic rings. The van der Waals surface area contributed by atoms with Gasteiger partial charge in [-0.25, -0.2) is 4.39 Å². The highest BCUT2D eigenvalue weighted by molar-refractivity contribution is 5.80. The number of fused-ring (bicyclic) bond motifs is 1. The third-order valence-corrected chi connectivity index (χ3v) is 4.28. The summed E-state index contributed by atoms with van der Waals surface area (Å²) in [5.74, 6) is 0.256. The molecule has 1 heterocycles. The van der Waals surface area contributed by atoms with Crippen molar-refractivity contribution < 1.29 is 18.7 Å². The molecule has 0 aliphatic carbocycles. The fourth-order valence-electron chi connectivity index (χ4n) is 2.86. The number of methoxy groups -OCH3 is 1. The van der Waals surface area contributed by atoms with Gasteiger partial charge in [0.2, 0.25) is 5.91 Å². The molecule has 24 heavy (non-hydrogen) atoms. The maximum absolute atomic E-state index is 13.8. The van der Waals surface area contributed by atoms with Crippen LogP contribution in [-0.2, 0) is 11.2 Å². The average Bonchev–Trinajstić information content (AvgIpc) is 2.61. The summed E-state index contributed by atoms with van der Waals surface area (Å²) in [7, 11) is 1.42. The van der Waals surface area contributed by atoms with Crippen LogP contribution in [0.3, 0.4) is 0 Å². The van der Waals surface area contributed by atoms with E-state index in [1.54, 1.807) is 12.1 Å². The van der Waals surface area contributed by atoms with Crippen LogP contribution < -0.4 is 14.8 Å². The van der Waals surface area contributed by atoms with E-state index in [-0.39, 0.29) is 23.6 Å². The first-order valence-corrected chi connectivity index (χ1v) is 7.93. The van der Waals surface area contributed by atoms with E-state index in [1.165, 1.54) is 13.2 Å². The predicted octanol–water partition coefficient (Wildman–Crippen LogP) is 3.26. The number of hydrogen-bond acceptors (Lipinski definition) is 3. The highest BCUT2D eigenvalue weighted by atomic mass is 19.1. The first-order valence-electron chi connectivity index (χ1n) is 7.93. The lowest BCUT2D eigenvalue weighted by Crippen LogP contribution is -2.38. The lowest BCUT2D eigenvalue weighted by Gasteiger charge is -2.26. The third kappa shape index (κ3) is 3.35. The van der Waals surface area contributed by atoms with Gasteiger partial charge in [0, 0.05) is 0 Å². The van der Waals surface area contributed by atoms with Crippen molar-refractivity contribution in [2.24, 2.45) is 5.92 Å². The molecular weight excluding hydrogens is 309 g/mol. The van der Waals surface area contributed by atoms with Crippen LogP contribution in [0.15, 0.2) is 42.5 Å². The quantitative estimate of drug-likeness (QED) is 0.936. The summed E-state index contributed by atoms with van der Waals surface area (Å²) in [6.07, 6.45) is 0.645. The lowest BCUT2D eigenvalue weighted by atomic mass is 9.95. The van der Waals surface area contributed by atoms with E-state index in [4.69, 9.17) is 9.47 Å². The van der Waals surface area contributed by atoms with Gasteiger partial charge in [0.1, 0.15) is 12.4 Å². The number of ether oxygens (including phenoxy) is 2. The summed E-state index contributed by atoms with van der Waals surface area (Å²) < 4.78 is 24.4. The molecule has 0 saturated heterocycles. The minimum absolute atomic E-state index is 0.0896. The fraction of sp³-hybridized carbons (Fsp3) is 0.316. The molecule has 126 valence electrons. The Morgan fingerprint density at radius 2 is 2.12 bits per heavy atom. The van der Waals surface area contributed by atoms with Gasteiger partial charge in [-0.05, 0) is 42.7 Å². The third-order valence-electron chi connectivity index (χ3n) is 4.28. The topological polar surface area (TPSA) is 47.6 Å². The van der Waals surface area contributed by atoms with E-state index in [0.717, 1.165) is 11.3 Å². The normalized spacial score (nSPS) is 17.4. The first-order chi connectivity index (χ1) is 11.6. The van der Waals surface area contributed by atoms with Crippen molar-refractivity contribution in [1.29, 1.82) is 0 Å². The molecule has 1 aliphatic heterocycles. The van der Waals surface area contributed by atoms with Crippen LogP contribution in [0, 0.1) is 11.7 Å². The highest BCUT2D eigenvalue weighted by Crippen LogP contribution is 2.27. The van der Waals surface area contributed by atoms with Gasteiger partial charge in [-0.2, -0.15) is 0 Å². The lowest BCUT2D eigenvalue weighted by molar-refractivity contribution is -0.126. The number of halogens is 1. The maximum Gasteiger partial charge on any atom is 0.227 e. The predicted molar refractivity (Wildman–Crippen MR) is 88.6 cm³/mol. The first kappa shape index (κ1) is 16.3. The number of carbonyl (C=O) groups is 1. The van der Waals surface area contributed by atoms with Gasteiger partial charge in [-0.15, -0.1) is 0 Å². The Labute approximate surface area is 140 Å². The standard InChI is InChI=1S/C19H20FNO3/c1-12(13-7-8-18(23-2)16(20)10-13)21-19(22)15-9-14-5-3-4-6-17(14)24-11-15/h3-8,10,12,15H,9,11H2,1-2H3,(H,21,22). The SMILES string of the molecule is COc1ccc(C(C)NC(=O)C2COc3ccccc3C2)cc1F. The van der Waals surface area contributed by atoms with E-state index < -0.39 is 5.82 Å². The van der Waals surface area contributed by atoms with Gasteiger partial charge in [0.05, 0.1) is 19.1 Å². The molecule has 1 amide bonds. The average molecular weight is 329 g/mol. The zero-order valence-corrected chi connectivity index (χ0v) is 13.7. The van der Waals surface area contributed by atoms with Crippen LogP contribution in [-0.4, -0.2) is 19.6 Å². The van der Waals surface area contributed by atoms with Crippen molar-refractivity contribution in [1.82, 2.24) is 5.32 Å². The minimum Gasteiger partial charge on any atom is -0.494 e. The van der Waals surface area contributed by atoms with Gasteiger partial charge >= 0.3 is 0 Å². The number of rotatable bonds is 4. The monoisotopic (exact) mass is 329 g/mol. The summed E-state index contributed by atoms with van der Waals surface area (Å²) in [6.45, 7) is 2.18. The summed E-state index contributed by atoms with van der Waals surface area (Å²) in [4.78, 5) is 12.5. The molecule has 2 aromatic carbocycles. The molecule has 2 atom stereocenters. The van der Waals surface area contributed by atoms with Gasteiger partial charge < -0.3 is 14.8 Å². The Morgan fingerprint density at radius 3 is 2.88 bits per heavy atom. The smallest absolute Gasteiger partial charge is 0.227 e. The molecule has 2 unspecified atom stereocenters. The van der Waals surface area contributed by atoms with Gasteiger partial charge in [-0.3, -0.25) is 4.79 Å². The Hall–Kier alpha value is -2.56. The van der Waals surface area contributed by atoms with Gasteiger partial charge in [-0.1, -0.05) is 24.3 Å². The second kappa shape index (κ2) is 6.91. The van der Waals surface area contributed by atoms with E-state index in [2.05, 4.69) is 5.32 Å². The van der Waals surface area contributed by atoms with Crippen LogP contribution in [0.2, 0.25) is 0 Å². The molecule has 1 N–H and O–H groups in total. The van der Waals surface area contributed by atoms with Crippen LogP contribution >= 0.6 is 0 Å². The van der Waals surface area contributed by atoms with E-state index in [9.17, 15) is 9.18 Å². The summed E-state index contributed by atoms with van der Waals surface area (Å²) in [6, 6.07) is 12.1. The molecular formula is C19H20FNO3. The number of amides is 1. The highest BCUT2D eigenvalue weighted by Gasteiger charge is 2.26. The van der Waals surface area contributed by atoms with Crippen molar-refractivity contribution in [2.75, 3.05) is 13.7 Å². The number of benzene rings is 2. The van der Waals surface area contributed by atoms with E-state index in [0.29, 0.717) is 18.6 Å². The van der Waals surface area contributed by atoms with Crippen LogP contribution in [0.4, 0.5) is 4.39 Å². The number of hydrogen-bond donors (Lipinski definition) is 1. The fourth-order valence-corrected chi connectivity index (χ4v) is 2.86. The van der Waals surface area contributed by atoms with Crippen molar-refractivity contribution in [2.45, 2.75) is 19.4 Å². The van der Waals surface area contributed by atoms with Crippen molar-refractivity contribution >= 4 is 5.91 Å². The minimum atomic E-state index is -0.439. The van der Waals surface area contributed by atoms with Crippen molar-refractivity contribution in [3.05, 3.63) is 59.4 Å². The summed E-state index contributed by atoms with van der Waals surface area (Å²) in [5.41, 5.74) is 1.73. The molecule has 0 radical (unpaired) electrons. The van der Waals surface area contributed by atoms with E-state index in [1.807, 2.05) is 31.2 Å². The zero-order valence-electron chi connectivity index (χ0n) is 13.7. The summed E-state index contributed by atoms with van der Waals surface area (Å²) in [5, 5.41) is 2.93. The number of carbonyl (C=O) groups excluding carboxylic acids is 1. The second-order valence-electron chi connectivity index (χ2n) is 5.94. The zero-order chi connectivity index (χ0) is 17.1. The molecule has 0 saturated carbocycles. The van der Waals surface area contributed by atoms with Gasteiger partial charge in [0.15, 0.2) is 11.6 Å². The Kier molecular flexibility index (Phi) is 4.69. The molecule has 0 spiro atoms. The molecule has 4 nitrogen and oxygen atoms in total. The van der Waals surface area contributed by atoms with E-state index >= 15 is 0 Å². The number of nitrogens with one attached hydrogen (secondary N) is 1. The molecule has 3 rings (SSSR count). The van der Waals surface area contributed by atoms with Crippen LogP contribution in [0.25, 0.3) is 0 Å². The second-order valence-corrected chi connectivity index (χ2v) is 5.94. The Balaban J connectivity index is 1.65. The maximum atomic E-state index is 13.8. The number of para-hydroxylation sites is 1. The molecule has 0 fully saturated rings. The van der Waals surface area contributed by atoms with Crippen LogP contribution in [0.1, 0.15) is 24.1 Å². The largest absolute Gasteiger partial charge is 0.494 e. The molecule has 2 aromatic rings. The van der Waals surface area contributed by atoms with Crippen molar-refractivity contribution in [3.8, 4) is 11.5 Å². The van der Waals surface area contributed by atoms with Gasteiger partial charge in [0.25, 0.3) is 0 Å². The summed E-state index contributed by atoms with van der Waals surface area (Å²) >= 11 is 0.